The molecule has 0 saturated heterocycles. The number of hydrogen-bond acceptors (Lipinski definition) is 7. The van der Waals surface area contributed by atoms with Crippen LogP contribution in [0.3, 0.4) is 0 Å². The Morgan fingerprint density at radius 1 is 0.887 bits per heavy atom. The van der Waals surface area contributed by atoms with Crippen molar-refractivity contribution in [2.75, 3.05) is 18.0 Å². The number of nitrogens with zero attached hydrogens (tertiary/aromatic N) is 3. The van der Waals surface area contributed by atoms with Crippen LogP contribution in [0.1, 0.15) is 73.4 Å². The second-order valence-corrected chi connectivity index (χ2v) is 16.0. The summed E-state index contributed by atoms with van der Waals surface area (Å²) in [5.41, 5.74) is 6.32. The molecule has 0 fully saturated rings. The number of carbonyl (C=O) groups is 1. The van der Waals surface area contributed by atoms with Gasteiger partial charge in [-0.05, 0) is 106 Å². The first-order valence-electron chi connectivity index (χ1n) is 18.2. The fraction of sp³-hybridized carbons (Fsp3) is 0.318. The number of ether oxygens (including phenoxy) is 1. The Labute approximate surface area is 317 Å². The lowest BCUT2D eigenvalue weighted by atomic mass is 9.79. The molecule has 0 aliphatic carbocycles. The smallest absolute Gasteiger partial charge is 0.427 e. The molecule has 0 radical (unpaired) electrons. The minimum Gasteiger partial charge on any atom is -0.443 e. The van der Waals surface area contributed by atoms with E-state index in [9.17, 15) is 4.79 Å². The van der Waals surface area contributed by atoms with Gasteiger partial charge in [-0.25, -0.2) is 10.1 Å². The summed E-state index contributed by atoms with van der Waals surface area (Å²) >= 11 is 0.521. The highest BCUT2D eigenvalue weighted by atomic mass is 32.2. The van der Waals surface area contributed by atoms with Crippen molar-refractivity contribution in [3.8, 4) is 0 Å². The first-order chi connectivity index (χ1) is 25.2. The third-order valence-corrected chi connectivity index (χ3v) is 10.7. The molecule has 2 heterocycles. The predicted molar refractivity (Wildman–Crippen MR) is 217 cm³/mol. The minimum atomic E-state index is -0.785. The summed E-state index contributed by atoms with van der Waals surface area (Å²) in [5, 5.41) is 17.9. The summed E-state index contributed by atoms with van der Waals surface area (Å²) in [6.07, 6.45) is 11.1. The van der Waals surface area contributed by atoms with Crippen LogP contribution >= 0.6 is 12.2 Å². The van der Waals surface area contributed by atoms with Gasteiger partial charge in [-0.1, -0.05) is 85.6 Å². The fourth-order valence-electron chi connectivity index (χ4n) is 7.95. The standard InChI is InChI=1S/C44H49N3O5S/c1-10-45-35-28-26-30-18-12-14-22-33(30)39(35)43(6,7)37(45)24-16-20-32(47(53-52-51-49)41(48)50-42(3,4)5)21-17-25-38-44(8,9)40-34-23-15-13-19-31(34)27-29-36(40)46(38)11-2/h12-29H,10-11H2,1-9H3/p+1. The Morgan fingerprint density at radius 2 is 1.53 bits per heavy atom. The number of amides is 1. The zero-order valence-electron chi connectivity index (χ0n) is 32.1. The van der Waals surface area contributed by atoms with E-state index in [2.05, 4.69) is 141 Å². The molecular formula is C44H50N3O5S+. The summed E-state index contributed by atoms with van der Waals surface area (Å²) in [7, 11) is 0. The lowest BCUT2D eigenvalue weighted by molar-refractivity contribution is -0.433. The Kier molecular flexibility index (Phi) is 10.8. The Morgan fingerprint density at radius 3 is 2.15 bits per heavy atom. The molecule has 9 heteroatoms. The van der Waals surface area contributed by atoms with Crippen molar-refractivity contribution in [1.82, 2.24) is 4.31 Å². The van der Waals surface area contributed by atoms with Crippen molar-refractivity contribution in [2.45, 2.75) is 78.7 Å². The van der Waals surface area contributed by atoms with Crippen LogP contribution < -0.4 is 4.90 Å². The van der Waals surface area contributed by atoms with Crippen LogP contribution in [0.4, 0.5) is 16.2 Å². The van der Waals surface area contributed by atoms with Crippen LogP contribution in [0.2, 0.25) is 0 Å². The van der Waals surface area contributed by atoms with Gasteiger partial charge in [0.05, 0.1) is 11.1 Å². The molecule has 0 aromatic heterocycles. The van der Waals surface area contributed by atoms with Crippen molar-refractivity contribution >= 4 is 57.0 Å². The fourth-order valence-corrected chi connectivity index (χ4v) is 8.34. The SMILES string of the molecule is CCN1C(=CC=CC(=CC=CC2=[N+](CC)c3ccc4ccccc4c3C2(C)C)N(SOOO)C(=O)OC(C)(C)C)C(C)(C)c2c1ccc1ccccc21. The summed E-state index contributed by atoms with van der Waals surface area (Å²) < 4.78 is 14.1. The van der Waals surface area contributed by atoms with Crippen molar-refractivity contribution in [3.63, 3.8) is 0 Å². The van der Waals surface area contributed by atoms with E-state index in [4.69, 9.17) is 14.3 Å². The van der Waals surface area contributed by atoms with Gasteiger partial charge >= 0.3 is 6.09 Å². The minimum absolute atomic E-state index is 0.290. The van der Waals surface area contributed by atoms with E-state index in [0.29, 0.717) is 17.9 Å². The Hall–Kier alpha value is -4.67. The van der Waals surface area contributed by atoms with Gasteiger partial charge < -0.3 is 9.64 Å². The number of carbonyl (C=O) groups excluding carboxylic acids is 1. The topological polar surface area (TPSA) is 74.5 Å². The van der Waals surface area contributed by atoms with Crippen molar-refractivity contribution in [3.05, 3.63) is 132 Å². The van der Waals surface area contributed by atoms with Crippen LogP contribution in [0.5, 0.6) is 0 Å². The third-order valence-electron chi connectivity index (χ3n) is 10.1. The van der Waals surface area contributed by atoms with Crippen molar-refractivity contribution < 1.29 is 28.7 Å². The molecule has 4 aromatic carbocycles. The maximum Gasteiger partial charge on any atom is 0.427 e. The Balaban J connectivity index is 1.42. The van der Waals surface area contributed by atoms with Gasteiger partial charge in [0.2, 0.25) is 5.69 Å². The molecule has 8 nitrogen and oxygen atoms in total. The molecule has 2 aliphatic rings. The zero-order chi connectivity index (χ0) is 38.1. The molecular weight excluding hydrogens is 683 g/mol. The summed E-state index contributed by atoms with van der Waals surface area (Å²) in [6, 6.07) is 25.8. The van der Waals surface area contributed by atoms with Crippen LogP contribution in [-0.2, 0) is 24.9 Å². The first kappa shape index (κ1) is 38.1. The van der Waals surface area contributed by atoms with Gasteiger partial charge in [-0.3, -0.25) is 0 Å². The van der Waals surface area contributed by atoms with E-state index in [1.54, 1.807) is 20.8 Å². The number of likely N-dealkylation sites (N-methyl/N-ethyl adjacent to an activating group) is 1. The third kappa shape index (κ3) is 7.19. The summed E-state index contributed by atoms with van der Waals surface area (Å²) in [6.45, 7) is 20.3. The van der Waals surface area contributed by atoms with E-state index in [1.165, 1.54) is 48.4 Å². The van der Waals surface area contributed by atoms with E-state index in [-0.39, 0.29) is 10.8 Å². The van der Waals surface area contributed by atoms with Crippen LogP contribution in [0.15, 0.2) is 121 Å². The molecule has 0 unspecified atom stereocenters. The van der Waals surface area contributed by atoms with E-state index in [1.807, 2.05) is 24.3 Å². The van der Waals surface area contributed by atoms with Crippen LogP contribution in [-0.4, -0.2) is 44.6 Å². The highest BCUT2D eigenvalue weighted by molar-refractivity contribution is 7.92. The number of anilines is 1. The van der Waals surface area contributed by atoms with Gasteiger partial charge in [0.1, 0.15) is 12.1 Å². The lowest BCUT2D eigenvalue weighted by Crippen LogP contribution is -2.32. The molecule has 1 amide bonds. The molecule has 0 atom stereocenters. The molecule has 0 bridgehead atoms. The summed E-state index contributed by atoms with van der Waals surface area (Å²) in [5.74, 6) is 0. The highest BCUT2D eigenvalue weighted by Crippen LogP contribution is 2.50. The molecule has 2 aliphatic heterocycles. The molecule has 0 spiro atoms. The van der Waals surface area contributed by atoms with Gasteiger partial charge in [0.25, 0.3) is 0 Å². The number of fused-ring (bicyclic) bond motifs is 6. The number of benzene rings is 4. The predicted octanol–water partition coefficient (Wildman–Crippen LogP) is 11.3. The normalized spacial score (nSPS) is 17.5. The van der Waals surface area contributed by atoms with Gasteiger partial charge in [-0.15, -0.1) is 4.33 Å². The molecule has 53 heavy (non-hydrogen) atoms. The number of rotatable bonds is 10. The zero-order valence-corrected chi connectivity index (χ0v) is 33.0. The molecule has 4 aromatic rings. The lowest BCUT2D eigenvalue weighted by Gasteiger charge is -2.26. The number of allylic oxidation sites excluding steroid dienone is 7. The monoisotopic (exact) mass is 732 g/mol. The average Bonchev–Trinajstić information content (AvgIpc) is 3.48. The first-order valence-corrected chi connectivity index (χ1v) is 18.9. The molecule has 276 valence electrons. The Bertz CT molecular complexity index is 2210. The van der Waals surface area contributed by atoms with E-state index >= 15 is 0 Å². The van der Waals surface area contributed by atoms with Crippen LogP contribution in [0.25, 0.3) is 21.5 Å². The molecule has 6 rings (SSSR count). The molecule has 1 N–H and O–H groups in total. The second-order valence-electron chi connectivity index (χ2n) is 15.3. The number of hydrogen-bond donors (Lipinski definition) is 1. The van der Waals surface area contributed by atoms with E-state index in [0.717, 1.165) is 24.5 Å². The summed E-state index contributed by atoms with van der Waals surface area (Å²) in [4.78, 5) is 16.0. The largest absolute Gasteiger partial charge is 0.443 e. The van der Waals surface area contributed by atoms with Gasteiger partial charge in [0.15, 0.2) is 17.9 Å². The van der Waals surface area contributed by atoms with Gasteiger partial charge in [0, 0.05) is 41.1 Å². The molecule has 0 saturated carbocycles. The average molecular weight is 733 g/mol. The van der Waals surface area contributed by atoms with Crippen LogP contribution in [0, 0.1) is 0 Å². The second kappa shape index (κ2) is 15.0. The van der Waals surface area contributed by atoms with E-state index < -0.39 is 11.7 Å². The maximum atomic E-state index is 13.6. The van der Waals surface area contributed by atoms with Crippen molar-refractivity contribution in [2.24, 2.45) is 0 Å². The van der Waals surface area contributed by atoms with Gasteiger partial charge in [-0.2, -0.15) is 8.88 Å². The van der Waals surface area contributed by atoms with Crippen molar-refractivity contribution in [1.29, 1.82) is 0 Å². The maximum absolute atomic E-state index is 13.6. The quantitative estimate of drug-likeness (QED) is 0.0434. The highest BCUT2D eigenvalue weighted by Gasteiger charge is 2.45.